The molecule has 0 bridgehead atoms. The Kier molecular flexibility index (Phi) is 6.19. The predicted octanol–water partition coefficient (Wildman–Crippen LogP) is 2.60. The van der Waals surface area contributed by atoms with Crippen molar-refractivity contribution in [2.75, 3.05) is 39.4 Å². The summed E-state index contributed by atoms with van der Waals surface area (Å²) < 4.78 is 11.3. The highest BCUT2D eigenvalue weighted by Crippen LogP contribution is 2.18. The molecule has 28 heavy (non-hydrogen) atoms. The molecule has 1 aromatic carbocycles. The zero-order valence-corrected chi connectivity index (χ0v) is 16.1. The van der Waals surface area contributed by atoms with Crippen LogP contribution in [-0.4, -0.2) is 66.2 Å². The van der Waals surface area contributed by atoms with E-state index in [1.807, 2.05) is 53.6 Å². The molecule has 2 aliphatic rings. The number of nitrogens with zero attached hydrogens (tertiary/aromatic N) is 3. The van der Waals surface area contributed by atoms with Gasteiger partial charge in [0.2, 0.25) is 0 Å². The van der Waals surface area contributed by atoms with Gasteiger partial charge >= 0.3 is 0 Å². The van der Waals surface area contributed by atoms with Gasteiger partial charge < -0.3 is 14.4 Å². The van der Waals surface area contributed by atoms with Crippen LogP contribution in [0.5, 0.6) is 5.75 Å². The van der Waals surface area contributed by atoms with Gasteiger partial charge in [0.05, 0.1) is 11.8 Å². The topological polar surface area (TPSA) is 54.9 Å². The van der Waals surface area contributed by atoms with Crippen LogP contribution in [0.3, 0.4) is 0 Å². The van der Waals surface area contributed by atoms with E-state index in [0.717, 1.165) is 63.6 Å². The van der Waals surface area contributed by atoms with E-state index in [1.54, 1.807) is 0 Å². The van der Waals surface area contributed by atoms with Crippen molar-refractivity contribution in [3.63, 3.8) is 0 Å². The van der Waals surface area contributed by atoms with E-state index in [-0.39, 0.29) is 12.0 Å². The van der Waals surface area contributed by atoms with E-state index in [2.05, 4.69) is 9.88 Å². The van der Waals surface area contributed by atoms with E-state index in [9.17, 15) is 4.79 Å². The lowest BCUT2D eigenvalue weighted by Gasteiger charge is -2.34. The van der Waals surface area contributed by atoms with Crippen LogP contribution in [0, 0.1) is 0 Å². The van der Waals surface area contributed by atoms with Crippen LogP contribution >= 0.6 is 0 Å². The molecule has 2 saturated heterocycles. The second-order valence-electron chi connectivity index (χ2n) is 7.36. The Bertz CT molecular complexity index is 752. The van der Waals surface area contributed by atoms with Crippen LogP contribution < -0.4 is 4.74 Å². The van der Waals surface area contributed by atoms with E-state index >= 15 is 0 Å². The molecule has 2 aliphatic heterocycles. The summed E-state index contributed by atoms with van der Waals surface area (Å²) in [4.78, 5) is 21.4. The molecular formula is C22H27N3O3. The highest BCUT2D eigenvalue weighted by atomic mass is 16.5. The Morgan fingerprint density at radius 3 is 2.61 bits per heavy atom. The van der Waals surface area contributed by atoms with Gasteiger partial charge in [-0.1, -0.05) is 6.07 Å². The summed E-state index contributed by atoms with van der Waals surface area (Å²) in [6.45, 7) is 5.45. The monoisotopic (exact) mass is 381 g/mol. The van der Waals surface area contributed by atoms with Crippen LogP contribution in [-0.2, 0) is 11.3 Å². The second kappa shape index (κ2) is 9.17. The third-order valence-electron chi connectivity index (χ3n) is 5.33. The normalized spacial score (nSPS) is 20.3. The number of hydrogen-bond acceptors (Lipinski definition) is 5. The Labute approximate surface area is 166 Å². The number of benzene rings is 1. The van der Waals surface area contributed by atoms with Crippen LogP contribution in [0.4, 0.5) is 0 Å². The molecule has 4 rings (SSSR count). The summed E-state index contributed by atoms with van der Waals surface area (Å²) in [6, 6.07) is 13.4. The number of rotatable bonds is 6. The lowest BCUT2D eigenvalue weighted by molar-refractivity contribution is 0.0625. The first-order valence-electron chi connectivity index (χ1n) is 10.0. The van der Waals surface area contributed by atoms with Gasteiger partial charge in [0, 0.05) is 51.1 Å². The fourth-order valence-corrected chi connectivity index (χ4v) is 3.67. The third-order valence-corrected chi connectivity index (χ3v) is 5.33. The Balaban J connectivity index is 1.25. The molecule has 3 heterocycles. The third kappa shape index (κ3) is 4.88. The Morgan fingerprint density at radius 2 is 1.93 bits per heavy atom. The van der Waals surface area contributed by atoms with Crippen molar-refractivity contribution in [1.29, 1.82) is 0 Å². The van der Waals surface area contributed by atoms with Gasteiger partial charge in [-0.2, -0.15) is 0 Å². The summed E-state index contributed by atoms with van der Waals surface area (Å²) in [6.07, 6.45) is 4.19. The molecule has 2 fully saturated rings. The maximum Gasteiger partial charge on any atom is 0.253 e. The average Bonchev–Trinajstić information content (AvgIpc) is 3.27. The Hall–Kier alpha value is -2.44. The molecule has 0 radical (unpaired) electrons. The highest BCUT2D eigenvalue weighted by Gasteiger charge is 2.22. The van der Waals surface area contributed by atoms with Crippen LogP contribution in [0.2, 0.25) is 0 Å². The SMILES string of the molecule is O=C(c1ccc(OCC2CCCO2)cc1)N1CCN(Cc2ccccn2)CC1. The molecule has 0 saturated carbocycles. The van der Waals surface area contributed by atoms with Crippen molar-refractivity contribution in [3.8, 4) is 5.75 Å². The minimum Gasteiger partial charge on any atom is -0.491 e. The maximum atomic E-state index is 12.8. The number of amides is 1. The van der Waals surface area contributed by atoms with E-state index < -0.39 is 0 Å². The maximum absolute atomic E-state index is 12.8. The molecule has 1 amide bonds. The molecule has 1 unspecified atom stereocenters. The zero-order chi connectivity index (χ0) is 19.2. The number of piperazine rings is 1. The molecule has 1 atom stereocenters. The average molecular weight is 381 g/mol. The molecule has 0 spiro atoms. The van der Waals surface area contributed by atoms with Gasteiger partial charge in [0.1, 0.15) is 12.4 Å². The molecule has 148 valence electrons. The van der Waals surface area contributed by atoms with Gasteiger partial charge in [-0.3, -0.25) is 14.7 Å². The summed E-state index contributed by atoms with van der Waals surface area (Å²) >= 11 is 0. The fourth-order valence-electron chi connectivity index (χ4n) is 3.67. The number of carbonyl (C=O) groups excluding carboxylic acids is 1. The zero-order valence-electron chi connectivity index (χ0n) is 16.1. The summed E-state index contributed by atoms with van der Waals surface area (Å²) in [5, 5.41) is 0. The number of pyridine rings is 1. The van der Waals surface area contributed by atoms with Crippen LogP contribution in [0.25, 0.3) is 0 Å². The first-order chi connectivity index (χ1) is 13.8. The van der Waals surface area contributed by atoms with Crippen molar-refractivity contribution >= 4 is 5.91 Å². The number of aromatic nitrogens is 1. The van der Waals surface area contributed by atoms with Crippen molar-refractivity contribution in [2.45, 2.75) is 25.5 Å². The highest BCUT2D eigenvalue weighted by molar-refractivity contribution is 5.94. The molecule has 6 nitrogen and oxygen atoms in total. The molecule has 0 aliphatic carbocycles. The molecule has 6 heteroatoms. The van der Waals surface area contributed by atoms with E-state index in [4.69, 9.17) is 9.47 Å². The first kappa shape index (κ1) is 18.9. The predicted molar refractivity (Wildman–Crippen MR) is 106 cm³/mol. The van der Waals surface area contributed by atoms with Crippen LogP contribution in [0.15, 0.2) is 48.7 Å². The quantitative estimate of drug-likeness (QED) is 0.770. The van der Waals surface area contributed by atoms with Gasteiger partial charge in [-0.15, -0.1) is 0 Å². The van der Waals surface area contributed by atoms with Crippen molar-refractivity contribution in [3.05, 3.63) is 59.9 Å². The Morgan fingerprint density at radius 1 is 1.11 bits per heavy atom. The number of ether oxygens (including phenoxy) is 2. The van der Waals surface area contributed by atoms with Crippen molar-refractivity contribution < 1.29 is 14.3 Å². The van der Waals surface area contributed by atoms with Crippen molar-refractivity contribution in [1.82, 2.24) is 14.8 Å². The number of hydrogen-bond donors (Lipinski definition) is 0. The van der Waals surface area contributed by atoms with E-state index in [1.165, 1.54) is 0 Å². The standard InChI is InChI=1S/C22H27N3O3/c26-22(18-6-8-20(9-7-18)28-17-21-5-3-15-27-21)25-13-11-24(12-14-25)16-19-4-1-2-10-23-19/h1-2,4,6-10,21H,3,5,11-17H2. The minimum atomic E-state index is 0.0863. The van der Waals surface area contributed by atoms with Crippen molar-refractivity contribution in [2.24, 2.45) is 0 Å². The van der Waals surface area contributed by atoms with Gasteiger partial charge in [-0.25, -0.2) is 0 Å². The summed E-state index contributed by atoms with van der Waals surface area (Å²) in [5.74, 6) is 0.871. The van der Waals surface area contributed by atoms with E-state index in [0.29, 0.717) is 12.2 Å². The molecule has 0 N–H and O–H groups in total. The lowest BCUT2D eigenvalue weighted by Crippen LogP contribution is -2.48. The second-order valence-corrected chi connectivity index (χ2v) is 7.36. The molecule has 2 aromatic rings. The molecule has 1 aromatic heterocycles. The van der Waals surface area contributed by atoms with Gasteiger partial charge in [0.15, 0.2) is 0 Å². The largest absolute Gasteiger partial charge is 0.491 e. The van der Waals surface area contributed by atoms with Gasteiger partial charge in [0.25, 0.3) is 5.91 Å². The smallest absolute Gasteiger partial charge is 0.253 e. The summed E-state index contributed by atoms with van der Waals surface area (Å²) in [5.41, 5.74) is 1.78. The lowest BCUT2D eigenvalue weighted by atomic mass is 10.1. The fraction of sp³-hybridized carbons (Fsp3) is 0.455. The molecular weight excluding hydrogens is 354 g/mol. The first-order valence-corrected chi connectivity index (χ1v) is 10.0. The minimum absolute atomic E-state index is 0.0863. The summed E-state index contributed by atoms with van der Waals surface area (Å²) in [7, 11) is 0. The van der Waals surface area contributed by atoms with Gasteiger partial charge in [-0.05, 0) is 49.2 Å². The van der Waals surface area contributed by atoms with Crippen LogP contribution in [0.1, 0.15) is 28.9 Å². The number of carbonyl (C=O) groups is 1.